The zero-order valence-electron chi connectivity index (χ0n) is 6.49. The van der Waals surface area contributed by atoms with Crippen molar-refractivity contribution >= 4 is 6.21 Å². The van der Waals surface area contributed by atoms with Crippen LogP contribution < -0.4 is 0 Å². The minimum Gasteiger partial charge on any atom is -0.393 e. The third-order valence-corrected chi connectivity index (χ3v) is 2.65. The van der Waals surface area contributed by atoms with E-state index in [0.717, 1.165) is 32.1 Å². The molecule has 0 bridgehead atoms. The van der Waals surface area contributed by atoms with Gasteiger partial charge in [0.1, 0.15) is 5.60 Å². The van der Waals surface area contributed by atoms with Crippen molar-refractivity contribution in [3.63, 3.8) is 0 Å². The molecule has 0 unspecified atom stereocenters. The summed E-state index contributed by atoms with van der Waals surface area (Å²) in [7, 11) is 0. The van der Waals surface area contributed by atoms with Crippen molar-refractivity contribution in [2.24, 2.45) is 5.16 Å². The van der Waals surface area contributed by atoms with Crippen LogP contribution >= 0.6 is 0 Å². The monoisotopic (exact) mass is 155 g/mol. The molecular formula is C8H13NO2. The van der Waals surface area contributed by atoms with Crippen molar-refractivity contribution in [3.8, 4) is 0 Å². The van der Waals surface area contributed by atoms with Crippen molar-refractivity contribution in [3.05, 3.63) is 0 Å². The van der Waals surface area contributed by atoms with E-state index in [1.165, 1.54) is 0 Å². The second-order valence-corrected chi connectivity index (χ2v) is 3.50. The predicted octanol–water partition coefficient (Wildman–Crippen LogP) is 1.07. The topological polar surface area (TPSA) is 41.8 Å². The molecule has 0 amide bonds. The SMILES string of the molecule is OC1CCC2(CC=NO2)CC1. The zero-order valence-corrected chi connectivity index (χ0v) is 6.49. The Balaban J connectivity index is 1.96. The maximum Gasteiger partial charge on any atom is 0.143 e. The third kappa shape index (κ3) is 1.25. The van der Waals surface area contributed by atoms with E-state index in [1.807, 2.05) is 6.21 Å². The minimum atomic E-state index is -0.107. The summed E-state index contributed by atoms with van der Waals surface area (Å²) in [4.78, 5) is 5.29. The molecule has 11 heavy (non-hydrogen) atoms. The summed E-state index contributed by atoms with van der Waals surface area (Å²) in [6, 6.07) is 0. The highest BCUT2D eigenvalue weighted by molar-refractivity contribution is 5.59. The summed E-state index contributed by atoms with van der Waals surface area (Å²) in [6.45, 7) is 0. The molecule has 1 saturated carbocycles. The number of hydrogen-bond acceptors (Lipinski definition) is 3. The van der Waals surface area contributed by atoms with E-state index in [2.05, 4.69) is 5.16 Å². The minimum absolute atomic E-state index is 0.0285. The molecular weight excluding hydrogens is 142 g/mol. The molecule has 1 aliphatic carbocycles. The van der Waals surface area contributed by atoms with Gasteiger partial charge in [-0.05, 0) is 25.7 Å². The van der Waals surface area contributed by atoms with Gasteiger partial charge in [-0.2, -0.15) is 0 Å². The molecule has 0 radical (unpaired) electrons. The van der Waals surface area contributed by atoms with E-state index in [1.54, 1.807) is 0 Å². The van der Waals surface area contributed by atoms with Gasteiger partial charge < -0.3 is 9.94 Å². The van der Waals surface area contributed by atoms with Gasteiger partial charge in [-0.15, -0.1) is 0 Å². The molecule has 1 spiro atoms. The molecule has 62 valence electrons. The number of aliphatic hydroxyl groups is 1. The van der Waals surface area contributed by atoms with Gasteiger partial charge in [-0.1, -0.05) is 5.16 Å². The lowest BCUT2D eigenvalue weighted by Gasteiger charge is -2.32. The first kappa shape index (κ1) is 7.10. The summed E-state index contributed by atoms with van der Waals surface area (Å²) in [5, 5.41) is 13.0. The van der Waals surface area contributed by atoms with Crippen molar-refractivity contribution in [2.75, 3.05) is 0 Å². The Bertz CT molecular complexity index is 161. The maximum absolute atomic E-state index is 9.26. The molecule has 1 fully saturated rings. The van der Waals surface area contributed by atoms with Crippen LogP contribution in [0.5, 0.6) is 0 Å². The zero-order chi connectivity index (χ0) is 7.73. The van der Waals surface area contributed by atoms with Crippen molar-refractivity contribution in [2.45, 2.75) is 43.8 Å². The van der Waals surface area contributed by atoms with Crippen molar-refractivity contribution in [1.82, 2.24) is 0 Å². The Kier molecular flexibility index (Phi) is 1.60. The highest BCUT2D eigenvalue weighted by Crippen LogP contribution is 2.36. The molecule has 1 aliphatic heterocycles. The molecule has 0 aromatic rings. The van der Waals surface area contributed by atoms with Crippen LogP contribution in [0, 0.1) is 0 Å². The highest BCUT2D eigenvalue weighted by atomic mass is 16.7. The lowest BCUT2D eigenvalue weighted by atomic mass is 9.82. The molecule has 1 N–H and O–H groups in total. The molecule has 0 aromatic carbocycles. The Morgan fingerprint density at radius 3 is 2.73 bits per heavy atom. The van der Waals surface area contributed by atoms with Crippen LogP contribution in [0.3, 0.4) is 0 Å². The first-order valence-corrected chi connectivity index (χ1v) is 4.19. The number of oxime groups is 1. The van der Waals surface area contributed by atoms with Gasteiger partial charge >= 0.3 is 0 Å². The lowest BCUT2D eigenvalue weighted by Crippen LogP contribution is -2.35. The van der Waals surface area contributed by atoms with E-state index in [4.69, 9.17) is 4.84 Å². The van der Waals surface area contributed by atoms with Crippen molar-refractivity contribution in [1.29, 1.82) is 0 Å². The molecule has 3 heteroatoms. The molecule has 1 heterocycles. The fraction of sp³-hybridized carbons (Fsp3) is 0.875. The quantitative estimate of drug-likeness (QED) is 0.568. The normalized spacial score (nSPS) is 42.8. The average Bonchev–Trinajstić information content (AvgIpc) is 2.45. The summed E-state index contributed by atoms with van der Waals surface area (Å²) >= 11 is 0. The molecule has 2 rings (SSSR count). The smallest absolute Gasteiger partial charge is 0.143 e. The molecule has 0 saturated heterocycles. The van der Waals surface area contributed by atoms with E-state index in [9.17, 15) is 5.11 Å². The van der Waals surface area contributed by atoms with Crippen LogP contribution in [0.25, 0.3) is 0 Å². The number of hydrogen-bond donors (Lipinski definition) is 1. The van der Waals surface area contributed by atoms with E-state index in [-0.39, 0.29) is 11.7 Å². The fourth-order valence-electron chi connectivity index (χ4n) is 1.81. The number of rotatable bonds is 0. The molecule has 0 atom stereocenters. The van der Waals surface area contributed by atoms with Gasteiger partial charge in [-0.3, -0.25) is 0 Å². The second-order valence-electron chi connectivity index (χ2n) is 3.50. The van der Waals surface area contributed by atoms with Crippen LogP contribution in [0.2, 0.25) is 0 Å². The highest BCUT2D eigenvalue weighted by Gasteiger charge is 2.38. The van der Waals surface area contributed by atoms with E-state index < -0.39 is 0 Å². The summed E-state index contributed by atoms with van der Waals surface area (Å²) in [6.07, 6.45) is 6.29. The standard InChI is InChI=1S/C8H13NO2/c10-7-1-3-8(4-2-7)5-6-9-11-8/h6-7,10H,1-5H2. The molecule has 2 aliphatic rings. The summed E-state index contributed by atoms with van der Waals surface area (Å²) < 4.78 is 0. The van der Waals surface area contributed by atoms with Gasteiger partial charge in [0.25, 0.3) is 0 Å². The maximum atomic E-state index is 9.26. The molecule has 3 nitrogen and oxygen atoms in total. The number of nitrogens with zero attached hydrogens (tertiary/aromatic N) is 1. The van der Waals surface area contributed by atoms with Gasteiger partial charge in [0.15, 0.2) is 0 Å². The summed E-state index contributed by atoms with van der Waals surface area (Å²) in [5.41, 5.74) is -0.0285. The third-order valence-electron chi connectivity index (χ3n) is 2.65. The lowest BCUT2D eigenvalue weighted by molar-refractivity contribution is -0.0676. The van der Waals surface area contributed by atoms with Gasteiger partial charge in [-0.25, -0.2) is 0 Å². The average molecular weight is 155 g/mol. The van der Waals surface area contributed by atoms with Crippen LogP contribution in [0.15, 0.2) is 5.16 Å². The van der Waals surface area contributed by atoms with E-state index in [0.29, 0.717) is 0 Å². The van der Waals surface area contributed by atoms with Crippen LogP contribution in [-0.4, -0.2) is 23.0 Å². The Morgan fingerprint density at radius 2 is 2.18 bits per heavy atom. The Labute approximate surface area is 66.0 Å². The Hall–Kier alpha value is -0.570. The first-order chi connectivity index (χ1) is 5.31. The number of aliphatic hydroxyl groups excluding tert-OH is 1. The van der Waals surface area contributed by atoms with Gasteiger partial charge in [0.2, 0.25) is 0 Å². The van der Waals surface area contributed by atoms with Crippen molar-refractivity contribution < 1.29 is 9.94 Å². The van der Waals surface area contributed by atoms with Gasteiger partial charge in [0.05, 0.1) is 6.10 Å². The van der Waals surface area contributed by atoms with Crippen LogP contribution in [0.1, 0.15) is 32.1 Å². The first-order valence-electron chi connectivity index (χ1n) is 4.19. The molecule has 0 aromatic heterocycles. The van der Waals surface area contributed by atoms with Crippen LogP contribution in [0.4, 0.5) is 0 Å². The van der Waals surface area contributed by atoms with Gasteiger partial charge in [0, 0.05) is 12.6 Å². The fourth-order valence-corrected chi connectivity index (χ4v) is 1.81. The summed E-state index contributed by atoms with van der Waals surface area (Å²) in [5.74, 6) is 0. The predicted molar refractivity (Wildman–Crippen MR) is 41.4 cm³/mol. The Morgan fingerprint density at radius 1 is 1.45 bits per heavy atom. The van der Waals surface area contributed by atoms with Crippen LogP contribution in [-0.2, 0) is 4.84 Å². The van der Waals surface area contributed by atoms with E-state index >= 15 is 0 Å². The largest absolute Gasteiger partial charge is 0.393 e. The second kappa shape index (κ2) is 2.48.